The summed E-state index contributed by atoms with van der Waals surface area (Å²) in [5, 5.41) is 8.29. The van der Waals surface area contributed by atoms with Gasteiger partial charge in [0.2, 0.25) is 0 Å². The third-order valence-corrected chi connectivity index (χ3v) is 5.01. The van der Waals surface area contributed by atoms with Crippen LogP contribution >= 0.6 is 27.7 Å². The van der Waals surface area contributed by atoms with Crippen LogP contribution in [0.15, 0.2) is 39.2 Å². The highest BCUT2D eigenvalue weighted by molar-refractivity contribution is 9.10. The molecule has 0 saturated carbocycles. The number of nitrogens with one attached hydrogen (secondary N) is 1. The van der Waals surface area contributed by atoms with E-state index in [9.17, 15) is 0 Å². The average molecular weight is 407 g/mol. The van der Waals surface area contributed by atoms with Crippen molar-refractivity contribution in [1.29, 1.82) is 0 Å². The number of benzene rings is 1. The maximum atomic E-state index is 5.45. The summed E-state index contributed by atoms with van der Waals surface area (Å²) < 4.78 is 0.794. The molecule has 2 heterocycles. The molecule has 2 aromatic rings. The smallest absolute Gasteiger partial charge is 0.193 e. The van der Waals surface area contributed by atoms with E-state index in [1.54, 1.807) is 6.20 Å². The zero-order valence-corrected chi connectivity index (χ0v) is 16.2. The molecule has 0 saturated heterocycles. The average Bonchev–Trinajstić information content (AvgIpc) is 2.58. The number of rotatable bonds is 4. The predicted molar refractivity (Wildman–Crippen MR) is 101 cm³/mol. The van der Waals surface area contributed by atoms with Crippen molar-refractivity contribution in [2.75, 3.05) is 12.9 Å². The van der Waals surface area contributed by atoms with Gasteiger partial charge in [-0.3, -0.25) is 0 Å². The molecule has 0 spiro atoms. The molecule has 0 unspecified atom stereocenters. The molecule has 1 atom stereocenters. The van der Waals surface area contributed by atoms with Gasteiger partial charge < -0.3 is 10.2 Å². The van der Waals surface area contributed by atoms with Crippen LogP contribution in [-0.2, 0) is 11.3 Å². The number of oxime groups is 1. The molecule has 126 valence electrons. The van der Waals surface area contributed by atoms with E-state index >= 15 is 0 Å². The van der Waals surface area contributed by atoms with E-state index in [0.29, 0.717) is 17.6 Å². The SMILES string of the molecule is CSc1ncc(Br)c(C2=NOC[C@@H](Cc3ccc(C)cc3C)N2)n1. The second-order valence-corrected chi connectivity index (χ2v) is 7.39. The van der Waals surface area contributed by atoms with Crippen LogP contribution in [0, 0.1) is 13.8 Å². The summed E-state index contributed by atoms with van der Waals surface area (Å²) >= 11 is 4.99. The zero-order chi connectivity index (χ0) is 17.1. The van der Waals surface area contributed by atoms with Crippen molar-refractivity contribution in [3.8, 4) is 0 Å². The minimum Gasteiger partial charge on any atom is -0.392 e. The monoisotopic (exact) mass is 406 g/mol. The highest BCUT2D eigenvalue weighted by Gasteiger charge is 2.22. The van der Waals surface area contributed by atoms with Gasteiger partial charge in [-0.15, -0.1) is 0 Å². The summed E-state index contributed by atoms with van der Waals surface area (Å²) in [4.78, 5) is 14.2. The fourth-order valence-electron chi connectivity index (χ4n) is 2.63. The molecule has 24 heavy (non-hydrogen) atoms. The third kappa shape index (κ3) is 3.89. The van der Waals surface area contributed by atoms with Gasteiger partial charge in [0.15, 0.2) is 11.0 Å². The molecule has 1 aromatic carbocycles. The van der Waals surface area contributed by atoms with Gasteiger partial charge in [-0.25, -0.2) is 9.97 Å². The number of nitrogens with zero attached hydrogens (tertiary/aromatic N) is 3. The molecule has 0 fully saturated rings. The zero-order valence-electron chi connectivity index (χ0n) is 13.8. The molecule has 7 heteroatoms. The highest BCUT2D eigenvalue weighted by Crippen LogP contribution is 2.20. The Morgan fingerprint density at radius 3 is 2.96 bits per heavy atom. The highest BCUT2D eigenvalue weighted by atomic mass is 79.9. The van der Waals surface area contributed by atoms with Crippen LogP contribution in [0.1, 0.15) is 22.4 Å². The van der Waals surface area contributed by atoms with Crippen molar-refractivity contribution >= 4 is 33.5 Å². The van der Waals surface area contributed by atoms with Crippen LogP contribution < -0.4 is 5.32 Å². The molecular formula is C17H19BrN4OS. The van der Waals surface area contributed by atoms with E-state index in [0.717, 1.165) is 16.6 Å². The minimum absolute atomic E-state index is 0.151. The van der Waals surface area contributed by atoms with E-state index in [1.165, 1.54) is 28.5 Å². The van der Waals surface area contributed by atoms with Gasteiger partial charge in [0.25, 0.3) is 0 Å². The summed E-state index contributed by atoms with van der Waals surface area (Å²) in [6, 6.07) is 6.69. The van der Waals surface area contributed by atoms with Crippen molar-refractivity contribution in [3.05, 3.63) is 51.3 Å². The molecule has 5 nitrogen and oxygen atoms in total. The maximum absolute atomic E-state index is 5.45. The van der Waals surface area contributed by atoms with Crippen molar-refractivity contribution in [2.24, 2.45) is 5.16 Å². The van der Waals surface area contributed by atoms with E-state index in [-0.39, 0.29) is 6.04 Å². The first-order valence-corrected chi connectivity index (χ1v) is 9.68. The Bertz CT molecular complexity index is 781. The lowest BCUT2D eigenvalue weighted by Gasteiger charge is -2.24. The van der Waals surface area contributed by atoms with E-state index in [4.69, 9.17) is 4.84 Å². The van der Waals surface area contributed by atoms with Gasteiger partial charge in [0.05, 0.1) is 10.5 Å². The third-order valence-electron chi connectivity index (χ3n) is 3.87. The molecule has 0 aliphatic carbocycles. The van der Waals surface area contributed by atoms with Gasteiger partial charge >= 0.3 is 0 Å². The van der Waals surface area contributed by atoms with Crippen molar-refractivity contribution in [2.45, 2.75) is 31.5 Å². The van der Waals surface area contributed by atoms with E-state index < -0.39 is 0 Å². The van der Waals surface area contributed by atoms with E-state index in [2.05, 4.69) is 68.4 Å². The number of aromatic nitrogens is 2. The Kier molecular flexibility index (Phi) is 5.40. The minimum atomic E-state index is 0.151. The number of hydrogen-bond acceptors (Lipinski definition) is 6. The first kappa shape index (κ1) is 17.2. The number of thioether (sulfide) groups is 1. The van der Waals surface area contributed by atoms with Gasteiger partial charge in [-0.2, -0.15) is 0 Å². The van der Waals surface area contributed by atoms with Crippen molar-refractivity contribution in [1.82, 2.24) is 15.3 Å². The number of halogens is 1. The lowest BCUT2D eigenvalue weighted by Crippen LogP contribution is -2.44. The number of amidine groups is 1. The standard InChI is InChI=1S/C17H19BrN4OS/c1-10-4-5-12(11(2)6-10)7-13-9-23-22-16(20-13)15-14(18)8-19-17(21-15)24-3/h4-6,8,13H,7,9H2,1-3H3,(H,20,22)/t13-/m1/s1. The normalized spacial score (nSPS) is 17.0. The van der Waals surface area contributed by atoms with Crippen molar-refractivity contribution < 1.29 is 4.84 Å². The van der Waals surface area contributed by atoms with Gasteiger partial charge in [-0.05, 0) is 53.6 Å². The number of hydrogen-bond donors (Lipinski definition) is 1. The molecule has 0 amide bonds. The van der Waals surface area contributed by atoms with E-state index in [1.807, 2.05) is 6.26 Å². The van der Waals surface area contributed by atoms with Crippen molar-refractivity contribution in [3.63, 3.8) is 0 Å². The lowest BCUT2D eigenvalue weighted by molar-refractivity contribution is 0.109. The second kappa shape index (κ2) is 7.53. The van der Waals surface area contributed by atoms with Crippen LogP contribution in [0.25, 0.3) is 0 Å². The summed E-state index contributed by atoms with van der Waals surface area (Å²) in [7, 11) is 0. The fourth-order valence-corrected chi connectivity index (χ4v) is 3.35. The largest absolute Gasteiger partial charge is 0.392 e. The lowest BCUT2D eigenvalue weighted by atomic mass is 9.99. The molecule has 1 aliphatic heterocycles. The number of aryl methyl sites for hydroxylation is 2. The Balaban J connectivity index is 1.78. The molecule has 1 N–H and O–H groups in total. The Labute approximate surface area is 154 Å². The molecule has 1 aromatic heterocycles. The summed E-state index contributed by atoms with van der Waals surface area (Å²) in [5.74, 6) is 0.639. The molecule has 3 rings (SSSR count). The molecule has 0 radical (unpaired) electrons. The van der Waals surface area contributed by atoms with Gasteiger partial charge in [-0.1, -0.05) is 40.7 Å². The molecular weight excluding hydrogens is 388 g/mol. The van der Waals surface area contributed by atoms with Crippen LogP contribution in [0.3, 0.4) is 0 Å². The Morgan fingerprint density at radius 2 is 2.21 bits per heavy atom. The Hall–Kier alpha value is -1.60. The summed E-state index contributed by atoms with van der Waals surface area (Å²) in [6.45, 7) is 4.79. The quantitative estimate of drug-likeness (QED) is 0.621. The first-order valence-electron chi connectivity index (χ1n) is 7.66. The maximum Gasteiger partial charge on any atom is 0.193 e. The predicted octanol–water partition coefficient (Wildman–Crippen LogP) is 3.47. The second-order valence-electron chi connectivity index (χ2n) is 5.76. The first-order chi connectivity index (χ1) is 11.6. The van der Waals surface area contributed by atoms with Crippen LogP contribution in [0.2, 0.25) is 0 Å². The fraction of sp³-hybridized carbons (Fsp3) is 0.353. The summed E-state index contributed by atoms with van der Waals surface area (Å²) in [5.41, 5.74) is 4.61. The van der Waals surface area contributed by atoms with Gasteiger partial charge in [0.1, 0.15) is 12.3 Å². The van der Waals surface area contributed by atoms with Gasteiger partial charge in [0, 0.05) is 6.20 Å². The van der Waals surface area contributed by atoms with Crippen LogP contribution in [0.5, 0.6) is 0 Å². The molecule has 1 aliphatic rings. The summed E-state index contributed by atoms with van der Waals surface area (Å²) in [6.07, 6.45) is 4.57. The van der Waals surface area contributed by atoms with Crippen LogP contribution in [0.4, 0.5) is 0 Å². The Morgan fingerprint density at radius 1 is 1.38 bits per heavy atom. The molecule has 0 bridgehead atoms. The topological polar surface area (TPSA) is 59.4 Å². The van der Waals surface area contributed by atoms with Crippen LogP contribution in [-0.4, -0.2) is 34.7 Å².